The van der Waals surface area contributed by atoms with Crippen LogP contribution in [0.15, 0.2) is 0 Å². The van der Waals surface area contributed by atoms with Crippen LogP contribution in [0.5, 0.6) is 0 Å². The average molecular weight is 264 g/mol. The van der Waals surface area contributed by atoms with Gasteiger partial charge in [-0.2, -0.15) is 5.26 Å². The largest absolute Gasteiger partial charge is 0.396 e. The molecule has 3 atom stereocenters. The summed E-state index contributed by atoms with van der Waals surface area (Å²) in [5.41, 5.74) is 0. The van der Waals surface area contributed by atoms with E-state index in [0.717, 1.165) is 38.3 Å². The molecule has 1 aliphatic heterocycles. The molecule has 1 aliphatic carbocycles. The molecule has 19 heavy (non-hydrogen) atoms. The molecule has 2 rings (SSSR count). The maximum absolute atomic E-state index is 9.39. The van der Waals surface area contributed by atoms with E-state index in [1.165, 1.54) is 25.7 Å². The maximum Gasteiger partial charge on any atom is 0.0672 e. The molecule has 0 amide bonds. The molecule has 0 aromatic rings. The fourth-order valence-electron chi connectivity index (χ4n) is 3.92. The summed E-state index contributed by atoms with van der Waals surface area (Å²) in [6.45, 7) is 4.75. The van der Waals surface area contributed by atoms with E-state index >= 15 is 0 Å². The van der Waals surface area contributed by atoms with Crippen molar-refractivity contribution in [1.29, 1.82) is 5.26 Å². The van der Waals surface area contributed by atoms with Gasteiger partial charge in [0.15, 0.2) is 0 Å². The van der Waals surface area contributed by atoms with Gasteiger partial charge in [0.2, 0.25) is 0 Å². The predicted molar refractivity (Wildman–Crippen MR) is 76.5 cm³/mol. The molecule has 108 valence electrons. The van der Waals surface area contributed by atoms with Gasteiger partial charge in [0.1, 0.15) is 0 Å². The molecule has 1 saturated carbocycles. The molecule has 0 radical (unpaired) electrons. The van der Waals surface area contributed by atoms with Gasteiger partial charge >= 0.3 is 0 Å². The van der Waals surface area contributed by atoms with Gasteiger partial charge in [0.05, 0.1) is 12.0 Å². The Kier molecular flexibility index (Phi) is 5.66. The van der Waals surface area contributed by atoms with E-state index in [1.807, 2.05) is 0 Å². The van der Waals surface area contributed by atoms with E-state index in [4.69, 9.17) is 0 Å². The van der Waals surface area contributed by atoms with E-state index in [2.05, 4.69) is 17.9 Å². The number of nitriles is 1. The summed E-state index contributed by atoms with van der Waals surface area (Å²) in [7, 11) is 0. The summed E-state index contributed by atoms with van der Waals surface area (Å²) in [6.07, 6.45) is 8.34. The number of piperidine rings is 1. The Hall–Kier alpha value is -0.590. The first-order valence-electron chi connectivity index (χ1n) is 8.03. The highest BCUT2D eigenvalue weighted by Crippen LogP contribution is 2.36. The van der Waals surface area contributed by atoms with E-state index in [-0.39, 0.29) is 5.92 Å². The minimum absolute atomic E-state index is 0.235. The van der Waals surface area contributed by atoms with Gasteiger partial charge in [-0.25, -0.2) is 0 Å². The van der Waals surface area contributed by atoms with Crippen molar-refractivity contribution < 1.29 is 5.11 Å². The molecular weight excluding hydrogens is 236 g/mol. The molecule has 2 fully saturated rings. The van der Waals surface area contributed by atoms with Crippen LogP contribution in [0.1, 0.15) is 51.9 Å². The molecule has 1 N–H and O–H groups in total. The molecule has 0 aromatic carbocycles. The second-order valence-electron chi connectivity index (χ2n) is 6.43. The molecule has 3 heteroatoms. The first-order chi connectivity index (χ1) is 9.28. The lowest BCUT2D eigenvalue weighted by atomic mass is 9.76. The van der Waals surface area contributed by atoms with Crippen molar-refractivity contribution >= 4 is 0 Å². The summed E-state index contributed by atoms with van der Waals surface area (Å²) in [6, 6.07) is 3.03. The minimum Gasteiger partial charge on any atom is -0.396 e. The normalized spacial score (nSPS) is 34.1. The Morgan fingerprint density at radius 2 is 1.89 bits per heavy atom. The molecule has 0 spiro atoms. The fraction of sp³-hybridized carbons (Fsp3) is 0.938. The van der Waals surface area contributed by atoms with Crippen LogP contribution in [0, 0.1) is 29.1 Å². The first kappa shape index (κ1) is 14.8. The highest BCUT2D eigenvalue weighted by Gasteiger charge is 2.35. The van der Waals surface area contributed by atoms with E-state index in [9.17, 15) is 10.4 Å². The molecule has 1 heterocycles. The Labute approximate surface area is 117 Å². The number of nitrogens with zero attached hydrogens (tertiary/aromatic N) is 2. The van der Waals surface area contributed by atoms with Crippen LogP contribution in [-0.4, -0.2) is 35.7 Å². The molecule has 0 bridgehead atoms. The Morgan fingerprint density at radius 1 is 1.16 bits per heavy atom. The summed E-state index contributed by atoms with van der Waals surface area (Å²) in [5.74, 6) is 1.56. The Morgan fingerprint density at radius 3 is 2.47 bits per heavy atom. The number of hydrogen-bond donors (Lipinski definition) is 1. The lowest BCUT2D eigenvalue weighted by molar-refractivity contribution is 0.0527. The fourth-order valence-corrected chi connectivity index (χ4v) is 3.92. The van der Waals surface area contributed by atoms with Crippen molar-refractivity contribution in [3.05, 3.63) is 0 Å². The van der Waals surface area contributed by atoms with Crippen LogP contribution in [0.4, 0.5) is 0 Å². The lowest BCUT2D eigenvalue weighted by Gasteiger charge is -2.43. The van der Waals surface area contributed by atoms with Crippen molar-refractivity contribution in [2.75, 3.05) is 19.7 Å². The van der Waals surface area contributed by atoms with Gasteiger partial charge < -0.3 is 5.11 Å². The monoisotopic (exact) mass is 264 g/mol. The topological polar surface area (TPSA) is 47.3 Å². The predicted octanol–water partition coefficient (Wildman–Crippen LogP) is 2.80. The van der Waals surface area contributed by atoms with Crippen LogP contribution in [0.2, 0.25) is 0 Å². The van der Waals surface area contributed by atoms with Gasteiger partial charge in [0, 0.05) is 12.6 Å². The smallest absolute Gasteiger partial charge is 0.0672 e. The zero-order valence-corrected chi connectivity index (χ0v) is 12.2. The van der Waals surface area contributed by atoms with Crippen LogP contribution in [-0.2, 0) is 0 Å². The third-order valence-electron chi connectivity index (χ3n) is 5.16. The Bertz CT molecular complexity index is 304. The van der Waals surface area contributed by atoms with E-state index < -0.39 is 0 Å². The van der Waals surface area contributed by atoms with Crippen molar-refractivity contribution in [2.24, 2.45) is 17.8 Å². The summed E-state index contributed by atoms with van der Waals surface area (Å²) >= 11 is 0. The highest BCUT2D eigenvalue weighted by molar-refractivity contribution is 4.98. The number of aliphatic hydroxyl groups is 1. The van der Waals surface area contributed by atoms with Crippen LogP contribution in [0.3, 0.4) is 0 Å². The molecule has 0 aromatic heterocycles. The second kappa shape index (κ2) is 7.26. The zero-order chi connectivity index (χ0) is 13.7. The summed E-state index contributed by atoms with van der Waals surface area (Å²) in [5, 5.41) is 18.6. The van der Waals surface area contributed by atoms with E-state index in [1.54, 1.807) is 0 Å². The van der Waals surface area contributed by atoms with Gasteiger partial charge in [-0.3, -0.25) is 4.90 Å². The van der Waals surface area contributed by atoms with Crippen molar-refractivity contribution in [1.82, 2.24) is 4.90 Å². The third-order valence-corrected chi connectivity index (χ3v) is 5.16. The highest BCUT2D eigenvalue weighted by atomic mass is 16.3. The lowest BCUT2D eigenvalue weighted by Crippen LogP contribution is -2.48. The van der Waals surface area contributed by atoms with Crippen molar-refractivity contribution in [3.63, 3.8) is 0 Å². The maximum atomic E-state index is 9.39. The zero-order valence-electron chi connectivity index (χ0n) is 12.2. The number of likely N-dealkylation sites (tertiary alicyclic amines) is 1. The van der Waals surface area contributed by atoms with Gasteiger partial charge in [-0.05, 0) is 57.0 Å². The van der Waals surface area contributed by atoms with Gasteiger partial charge in [-0.15, -0.1) is 0 Å². The number of aliphatic hydroxyl groups excluding tert-OH is 1. The second-order valence-corrected chi connectivity index (χ2v) is 6.43. The minimum atomic E-state index is 0.235. The average Bonchev–Trinajstić information content (AvgIpc) is 2.47. The van der Waals surface area contributed by atoms with E-state index in [0.29, 0.717) is 18.6 Å². The quantitative estimate of drug-likeness (QED) is 0.849. The molecule has 3 nitrogen and oxygen atoms in total. The van der Waals surface area contributed by atoms with Crippen LogP contribution < -0.4 is 0 Å². The van der Waals surface area contributed by atoms with Crippen LogP contribution in [0.25, 0.3) is 0 Å². The first-order valence-corrected chi connectivity index (χ1v) is 8.03. The standard InChI is InChI=1S/C16H28N2O/c1-2-3-13-4-5-15(11-17)16(10-13)18-8-6-14(12-19)7-9-18/h13-16,19H,2-10,12H2,1H3. The van der Waals surface area contributed by atoms with Gasteiger partial charge in [-0.1, -0.05) is 19.8 Å². The van der Waals surface area contributed by atoms with Crippen LogP contribution >= 0.6 is 0 Å². The summed E-state index contributed by atoms with van der Waals surface area (Å²) in [4.78, 5) is 2.54. The third kappa shape index (κ3) is 3.70. The van der Waals surface area contributed by atoms with Gasteiger partial charge in [0.25, 0.3) is 0 Å². The summed E-state index contributed by atoms with van der Waals surface area (Å²) < 4.78 is 0. The number of hydrogen-bond acceptors (Lipinski definition) is 3. The van der Waals surface area contributed by atoms with Crippen molar-refractivity contribution in [2.45, 2.75) is 57.9 Å². The number of rotatable bonds is 4. The Balaban J connectivity index is 1.93. The molecule has 2 aliphatic rings. The van der Waals surface area contributed by atoms with Crippen molar-refractivity contribution in [3.8, 4) is 6.07 Å². The molecular formula is C16H28N2O. The molecule has 3 unspecified atom stereocenters. The SMILES string of the molecule is CCCC1CCC(C#N)C(N2CCC(CO)CC2)C1. The molecule has 1 saturated heterocycles.